The molecule has 0 aliphatic heterocycles. The molecule has 2 aromatic heterocycles. The van der Waals surface area contributed by atoms with Crippen LogP contribution in [0.1, 0.15) is 19.8 Å². The molecule has 100 valence electrons. The van der Waals surface area contributed by atoms with Crippen LogP contribution in [0.15, 0.2) is 45.6 Å². The second-order valence-corrected chi connectivity index (χ2v) is 5.77. The average Bonchev–Trinajstić information content (AvgIpc) is 2.45. The third-order valence-electron chi connectivity index (χ3n) is 2.74. The number of pyridine rings is 2. The van der Waals surface area contributed by atoms with Gasteiger partial charge in [0.05, 0.1) is 4.47 Å². The van der Waals surface area contributed by atoms with Crippen LogP contribution in [-0.4, -0.2) is 16.5 Å². The Hall–Kier alpha value is -0.940. The molecule has 19 heavy (non-hydrogen) atoms. The molecule has 0 aromatic carbocycles. The lowest BCUT2D eigenvalue weighted by molar-refractivity contribution is 0.772. The maximum absolute atomic E-state index is 4.48. The molecule has 0 atom stereocenters. The van der Waals surface area contributed by atoms with E-state index in [1.807, 2.05) is 24.3 Å². The van der Waals surface area contributed by atoms with Crippen molar-refractivity contribution in [1.29, 1.82) is 0 Å². The molecule has 0 amide bonds. The smallest absolute Gasteiger partial charge is 0.149 e. The summed E-state index contributed by atoms with van der Waals surface area (Å²) in [7, 11) is 0. The lowest BCUT2D eigenvalue weighted by Crippen LogP contribution is -2.21. The summed E-state index contributed by atoms with van der Waals surface area (Å²) >= 11 is 7.11. The SMILES string of the molecule is CCCCN(c1ccccn1)c1nccc(Br)c1Br. The number of anilines is 2. The predicted molar refractivity (Wildman–Crippen MR) is 85.8 cm³/mol. The van der Waals surface area contributed by atoms with Crippen LogP contribution in [-0.2, 0) is 0 Å². The van der Waals surface area contributed by atoms with Crippen molar-refractivity contribution in [3.05, 3.63) is 45.6 Å². The fraction of sp³-hybridized carbons (Fsp3) is 0.286. The molecule has 2 heterocycles. The molecule has 0 spiro atoms. The van der Waals surface area contributed by atoms with E-state index < -0.39 is 0 Å². The van der Waals surface area contributed by atoms with Crippen LogP contribution in [0.3, 0.4) is 0 Å². The van der Waals surface area contributed by atoms with Crippen molar-refractivity contribution in [2.75, 3.05) is 11.4 Å². The van der Waals surface area contributed by atoms with Gasteiger partial charge in [0.15, 0.2) is 0 Å². The summed E-state index contributed by atoms with van der Waals surface area (Å²) in [5, 5.41) is 0. The molecule has 0 N–H and O–H groups in total. The van der Waals surface area contributed by atoms with Gasteiger partial charge < -0.3 is 4.90 Å². The Morgan fingerprint density at radius 2 is 1.95 bits per heavy atom. The molecular weight excluding hydrogens is 370 g/mol. The van der Waals surface area contributed by atoms with Crippen LogP contribution in [0.25, 0.3) is 0 Å². The maximum atomic E-state index is 4.48. The minimum Gasteiger partial charge on any atom is -0.310 e. The number of hydrogen-bond donors (Lipinski definition) is 0. The summed E-state index contributed by atoms with van der Waals surface area (Å²) in [5.41, 5.74) is 0. The number of hydrogen-bond acceptors (Lipinski definition) is 3. The lowest BCUT2D eigenvalue weighted by atomic mass is 10.3. The van der Waals surface area contributed by atoms with E-state index in [2.05, 4.69) is 53.7 Å². The summed E-state index contributed by atoms with van der Waals surface area (Å²) < 4.78 is 1.95. The molecule has 0 unspecified atom stereocenters. The largest absolute Gasteiger partial charge is 0.310 e. The quantitative estimate of drug-likeness (QED) is 0.730. The highest BCUT2D eigenvalue weighted by Crippen LogP contribution is 2.34. The van der Waals surface area contributed by atoms with Gasteiger partial charge in [-0.1, -0.05) is 19.4 Å². The highest BCUT2D eigenvalue weighted by atomic mass is 79.9. The van der Waals surface area contributed by atoms with E-state index in [1.165, 1.54) is 0 Å². The normalized spacial score (nSPS) is 10.5. The van der Waals surface area contributed by atoms with Crippen molar-refractivity contribution >= 4 is 43.5 Å². The summed E-state index contributed by atoms with van der Waals surface area (Å²) in [6.07, 6.45) is 5.83. The molecule has 2 rings (SSSR count). The molecule has 0 saturated heterocycles. The second kappa shape index (κ2) is 7.01. The summed E-state index contributed by atoms with van der Waals surface area (Å²) in [6, 6.07) is 7.84. The van der Waals surface area contributed by atoms with Gasteiger partial charge in [-0.3, -0.25) is 0 Å². The molecule has 2 aromatic rings. The molecule has 0 fully saturated rings. The van der Waals surface area contributed by atoms with Gasteiger partial charge in [-0.05, 0) is 56.5 Å². The number of rotatable bonds is 5. The van der Waals surface area contributed by atoms with E-state index >= 15 is 0 Å². The van der Waals surface area contributed by atoms with Crippen LogP contribution in [0.5, 0.6) is 0 Å². The van der Waals surface area contributed by atoms with Gasteiger partial charge in [0.1, 0.15) is 11.6 Å². The third-order valence-corrected chi connectivity index (χ3v) is 4.72. The monoisotopic (exact) mass is 383 g/mol. The summed E-state index contributed by atoms with van der Waals surface area (Å²) in [5.74, 6) is 1.81. The zero-order valence-corrected chi connectivity index (χ0v) is 13.9. The van der Waals surface area contributed by atoms with E-state index in [9.17, 15) is 0 Å². The Morgan fingerprint density at radius 3 is 2.63 bits per heavy atom. The Labute approximate surface area is 130 Å². The predicted octanol–water partition coefficient (Wildman–Crippen LogP) is 4.94. The molecule has 0 bridgehead atoms. The van der Waals surface area contributed by atoms with Crippen molar-refractivity contribution in [3.8, 4) is 0 Å². The van der Waals surface area contributed by atoms with E-state index in [1.54, 1.807) is 12.4 Å². The van der Waals surface area contributed by atoms with Crippen molar-refractivity contribution in [2.45, 2.75) is 19.8 Å². The maximum Gasteiger partial charge on any atom is 0.149 e. The molecule has 0 aliphatic rings. The average molecular weight is 385 g/mol. The first-order chi connectivity index (χ1) is 9.24. The van der Waals surface area contributed by atoms with E-state index in [4.69, 9.17) is 0 Å². The first kappa shape index (κ1) is 14.5. The first-order valence-corrected chi connectivity index (χ1v) is 7.81. The van der Waals surface area contributed by atoms with Crippen LogP contribution in [0.4, 0.5) is 11.6 Å². The highest BCUT2D eigenvalue weighted by molar-refractivity contribution is 9.13. The van der Waals surface area contributed by atoms with Crippen LogP contribution in [0, 0.1) is 0 Å². The van der Waals surface area contributed by atoms with Gasteiger partial charge in [-0.2, -0.15) is 0 Å². The van der Waals surface area contributed by atoms with E-state index in [0.717, 1.165) is 40.0 Å². The first-order valence-electron chi connectivity index (χ1n) is 6.22. The fourth-order valence-corrected chi connectivity index (χ4v) is 2.50. The van der Waals surface area contributed by atoms with Gasteiger partial charge in [-0.15, -0.1) is 0 Å². The molecule has 3 nitrogen and oxygen atoms in total. The number of aromatic nitrogens is 2. The summed E-state index contributed by atoms with van der Waals surface area (Å²) in [4.78, 5) is 11.0. The Morgan fingerprint density at radius 1 is 1.11 bits per heavy atom. The minimum atomic E-state index is 0.890. The third kappa shape index (κ3) is 3.54. The number of nitrogens with zero attached hydrogens (tertiary/aromatic N) is 3. The topological polar surface area (TPSA) is 29.0 Å². The molecule has 0 aliphatic carbocycles. The standard InChI is InChI=1S/C14H15Br2N3/c1-2-3-10-19(12-6-4-5-8-17-12)14-13(16)11(15)7-9-18-14/h4-9H,2-3,10H2,1H3. The van der Waals surface area contributed by atoms with Gasteiger partial charge in [0.2, 0.25) is 0 Å². The lowest BCUT2D eigenvalue weighted by Gasteiger charge is -2.23. The van der Waals surface area contributed by atoms with Crippen molar-refractivity contribution < 1.29 is 0 Å². The molecular formula is C14H15Br2N3. The van der Waals surface area contributed by atoms with Crippen molar-refractivity contribution in [2.24, 2.45) is 0 Å². The number of unbranched alkanes of at least 4 members (excludes halogenated alkanes) is 1. The zero-order chi connectivity index (χ0) is 13.7. The Bertz CT molecular complexity index is 531. The van der Waals surface area contributed by atoms with E-state index in [0.29, 0.717) is 0 Å². The Kier molecular flexibility index (Phi) is 5.34. The second-order valence-electron chi connectivity index (χ2n) is 4.12. The van der Waals surface area contributed by atoms with Crippen LogP contribution < -0.4 is 4.90 Å². The molecule has 0 saturated carbocycles. The summed E-state index contributed by atoms with van der Waals surface area (Å²) in [6.45, 7) is 3.08. The number of halogens is 2. The van der Waals surface area contributed by atoms with Crippen molar-refractivity contribution in [1.82, 2.24) is 9.97 Å². The van der Waals surface area contributed by atoms with E-state index in [-0.39, 0.29) is 0 Å². The zero-order valence-electron chi connectivity index (χ0n) is 10.7. The van der Waals surface area contributed by atoms with Gasteiger partial charge in [-0.25, -0.2) is 9.97 Å². The molecule has 5 heteroatoms. The van der Waals surface area contributed by atoms with Gasteiger partial charge in [0, 0.05) is 23.4 Å². The van der Waals surface area contributed by atoms with Gasteiger partial charge in [0.25, 0.3) is 0 Å². The molecule has 0 radical (unpaired) electrons. The van der Waals surface area contributed by atoms with Crippen LogP contribution >= 0.6 is 31.9 Å². The minimum absolute atomic E-state index is 0.890. The van der Waals surface area contributed by atoms with Crippen molar-refractivity contribution in [3.63, 3.8) is 0 Å². The van der Waals surface area contributed by atoms with Gasteiger partial charge >= 0.3 is 0 Å². The van der Waals surface area contributed by atoms with Crippen LogP contribution in [0.2, 0.25) is 0 Å². The Balaban J connectivity index is 2.40. The fourth-order valence-electron chi connectivity index (χ4n) is 1.76. The highest BCUT2D eigenvalue weighted by Gasteiger charge is 2.15.